The van der Waals surface area contributed by atoms with Crippen molar-refractivity contribution in [2.75, 3.05) is 25.1 Å². The summed E-state index contributed by atoms with van der Waals surface area (Å²) >= 11 is 0. The number of hydrogen-bond acceptors (Lipinski definition) is 9. The van der Waals surface area contributed by atoms with Gasteiger partial charge in [0.15, 0.2) is 16.8 Å². The number of carbonyl (C=O) groups is 2. The molecule has 2 saturated heterocycles. The van der Waals surface area contributed by atoms with Gasteiger partial charge in [-0.1, -0.05) is 30.3 Å². The van der Waals surface area contributed by atoms with Crippen molar-refractivity contribution in [3.05, 3.63) is 52.6 Å². The van der Waals surface area contributed by atoms with Gasteiger partial charge in [0, 0.05) is 13.8 Å². The van der Waals surface area contributed by atoms with Crippen LogP contribution >= 0.6 is 0 Å². The Bertz CT molecular complexity index is 1310. The molecule has 4 atom stereocenters. The van der Waals surface area contributed by atoms with Crippen molar-refractivity contribution in [3.8, 4) is 0 Å². The Morgan fingerprint density at radius 3 is 2.83 bits per heavy atom. The summed E-state index contributed by atoms with van der Waals surface area (Å²) in [6, 6.07) is 9.70. The third kappa shape index (κ3) is 4.43. The van der Waals surface area contributed by atoms with Gasteiger partial charge in [-0.3, -0.25) is 29.3 Å². The van der Waals surface area contributed by atoms with Crippen LogP contribution in [0.25, 0.3) is 11.2 Å². The molecule has 3 aromatic rings. The van der Waals surface area contributed by atoms with Gasteiger partial charge in [0.1, 0.15) is 18.9 Å². The number of anilines is 1. The minimum absolute atomic E-state index is 0.00469. The van der Waals surface area contributed by atoms with Gasteiger partial charge in [0.25, 0.3) is 5.56 Å². The summed E-state index contributed by atoms with van der Waals surface area (Å²) in [5, 5.41) is 2.45. The van der Waals surface area contributed by atoms with E-state index in [2.05, 4.69) is 20.3 Å². The monoisotopic (exact) mass is 483 g/mol. The predicted molar refractivity (Wildman–Crippen MR) is 121 cm³/mol. The molecule has 2 fully saturated rings. The Balaban J connectivity index is 1.50. The van der Waals surface area contributed by atoms with E-state index in [-0.39, 0.29) is 42.2 Å². The number of H-pyrrole nitrogens is 1. The molecule has 35 heavy (non-hydrogen) atoms. The van der Waals surface area contributed by atoms with E-state index in [1.807, 2.05) is 30.3 Å². The van der Waals surface area contributed by atoms with Gasteiger partial charge in [-0.05, 0) is 5.56 Å². The summed E-state index contributed by atoms with van der Waals surface area (Å²) in [6.07, 6.45) is 0.293. The van der Waals surface area contributed by atoms with E-state index < -0.39 is 29.5 Å². The van der Waals surface area contributed by atoms with Gasteiger partial charge < -0.3 is 18.9 Å². The second kappa shape index (κ2) is 9.21. The first-order valence-corrected chi connectivity index (χ1v) is 11.2. The van der Waals surface area contributed by atoms with Gasteiger partial charge in [0.2, 0.25) is 11.9 Å². The fourth-order valence-corrected chi connectivity index (χ4v) is 4.64. The third-order valence-corrected chi connectivity index (χ3v) is 6.09. The maximum Gasteiger partial charge on any atom is 0.302 e. The number of fused-ring (bicyclic) bond motifs is 3. The van der Waals surface area contributed by atoms with Crippen LogP contribution in [0.15, 0.2) is 41.5 Å². The van der Waals surface area contributed by atoms with Crippen molar-refractivity contribution in [3.63, 3.8) is 0 Å². The van der Waals surface area contributed by atoms with Gasteiger partial charge in [0.05, 0.1) is 32.1 Å². The first kappa shape index (κ1) is 23.1. The number of carbonyl (C=O) groups excluding carboxylic acids is 2. The topological polar surface area (TPSA) is 147 Å². The quantitative estimate of drug-likeness (QED) is 0.472. The van der Waals surface area contributed by atoms with Crippen molar-refractivity contribution in [2.45, 2.75) is 38.4 Å². The minimum Gasteiger partial charge on any atom is -0.463 e. The number of ether oxygens (including phenoxy) is 4. The average molecular weight is 483 g/mol. The lowest BCUT2D eigenvalue weighted by Gasteiger charge is -2.37. The molecule has 1 unspecified atom stereocenters. The zero-order valence-electron chi connectivity index (χ0n) is 19.2. The van der Waals surface area contributed by atoms with E-state index in [0.717, 1.165) is 5.56 Å². The molecule has 0 spiro atoms. The molecule has 2 aliphatic rings. The largest absolute Gasteiger partial charge is 0.463 e. The first-order chi connectivity index (χ1) is 16.9. The highest BCUT2D eigenvalue weighted by atomic mass is 16.6. The molecule has 0 aliphatic carbocycles. The van der Waals surface area contributed by atoms with Crippen LogP contribution in [0, 0.1) is 5.92 Å². The van der Waals surface area contributed by atoms with Crippen LogP contribution in [0.4, 0.5) is 5.95 Å². The van der Waals surface area contributed by atoms with Gasteiger partial charge in [-0.15, -0.1) is 0 Å². The molecule has 1 aromatic carbocycles. The summed E-state index contributed by atoms with van der Waals surface area (Å²) in [5.41, 5.74) is -0.240. The highest BCUT2D eigenvalue weighted by molar-refractivity contribution is 5.87. The lowest BCUT2D eigenvalue weighted by atomic mass is 9.88. The second-order valence-electron chi connectivity index (χ2n) is 8.67. The Morgan fingerprint density at radius 1 is 1.29 bits per heavy atom. The smallest absolute Gasteiger partial charge is 0.302 e. The van der Waals surface area contributed by atoms with Gasteiger partial charge >= 0.3 is 5.97 Å². The van der Waals surface area contributed by atoms with Crippen LogP contribution in [0.5, 0.6) is 0 Å². The second-order valence-corrected chi connectivity index (χ2v) is 8.67. The SMILES string of the molecule is CC(=O)Nc1nc2ncn([C@@H]3O[C@@]4(COC(C)=O)COCC3[C@H]4OCc3ccccc3)c2c(=O)[nH]1. The number of imidazole rings is 1. The molecular weight excluding hydrogens is 458 g/mol. The third-order valence-electron chi connectivity index (χ3n) is 6.09. The van der Waals surface area contributed by atoms with Crippen molar-refractivity contribution in [2.24, 2.45) is 5.92 Å². The number of hydrogen-bond donors (Lipinski definition) is 2. The summed E-state index contributed by atoms with van der Waals surface area (Å²) in [6.45, 7) is 3.36. The summed E-state index contributed by atoms with van der Waals surface area (Å²) < 4.78 is 25.6. The normalized spacial score (nSPS) is 25.5. The molecule has 12 nitrogen and oxygen atoms in total. The maximum atomic E-state index is 12.9. The van der Waals surface area contributed by atoms with Crippen LogP contribution in [0.3, 0.4) is 0 Å². The fourth-order valence-electron chi connectivity index (χ4n) is 4.64. The van der Waals surface area contributed by atoms with Crippen molar-refractivity contribution < 1.29 is 28.5 Å². The molecule has 0 radical (unpaired) electrons. The maximum absolute atomic E-state index is 12.9. The fraction of sp³-hybridized carbons (Fsp3) is 0.435. The summed E-state index contributed by atoms with van der Waals surface area (Å²) in [4.78, 5) is 46.9. The number of nitrogens with zero attached hydrogens (tertiary/aromatic N) is 3. The number of nitrogens with one attached hydrogen (secondary N) is 2. The summed E-state index contributed by atoms with van der Waals surface area (Å²) in [7, 11) is 0. The summed E-state index contributed by atoms with van der Waals surface area (Å²) in [5.74, 6) is -1.14. The average Bonchev–Trinajstić information content (AvgIpc) is 3.31. The predicted octanol–water partition coefficient (Wildman–Crippen LogP) is 1.14. The van der Waals surface area contributed by atoms with Gasteiger partial charge in [-0.25, -0.2) is 4.98 Å². The number of aromatic nitrogens is 4. The Kier molecular flexibility index (Phi) is 6.09. The Labute approximate surface area is 199 Å². The van der Waals surface area contributed by atoms with E-state index in [1.165, 1.54) is 20.2 Å². The molecule has 4 heterocycles. The molecule has 12 heteroatoms. The molecule has 5 rings (SSSR count). The molecule has 2 aromatic heterocycles. The van der Waals surface area contributed by atoms with Crippen LogP contribution < -0.4 is 10.9 Å². The van der Waals surface area contributed by atoms with Crippen molar-refractivity contribution in [1.82, 2.24) is 19.5 Å². The molecule has 184 valence electrons. The highest BCUT2D eigenvalue weighted by Gasteiger charge is 2.60. The van der Waals surface area contributed by atoms with Gasteiger partial charge in [-0.2, -0.15) is 4.98 Å². The van der Waals surface area contributed by atoms with Crippen LogP contribution in [0.1, 0.15) is 25.6 Å². The molecule has 2 bridgehead atoms. The minimum atomic E-state index is -1.07. The van der Waals surface area contributed by atoms with Crippen LogP contribution in [-0.2, 0) is 35.1 Å². The number of amides is 1. The number of benzene rings is 1. The lowest BCUT2D eigenvalue weighted by Crippen LogP contribution is -2.54. The highest BCUT2D eigenvalue weighted by Crippen LogP contribution is 2.47. The molecule has 1 amide bonds. The van der Waals surface area contributed by atoms with E-state index in [0.29, 0.717) is 13.2 Å². The zero-order chi connectivity index (χ0) is 24.6. The first-order valence-electron chi connectivity index (χ1n) is 11.2. The Hall–Kier alpha value is -3.61. The van der Waals surface area contributed by atoms with Crippen LogP contribution in [0.2, 0.25) is 0 Å². The number of aromatic amines is 1. The van der Waals surface area contributed by atoms with E-state index in [4.69, 9.17) is 18.9 Å². The zero-order valence-corrected chi connectivity index (χ0v) is 19.2. The molecule has 2 aliphatic heterocycles. The number of rotatable bonds is 7. The molecular formula is C23H25N5O7. The standard InChI is InChI=1S/C23H25N5O7/c1-13(29)25-22-26-19-17(20(31)27-22)28(12-24-19)21-16-9-32-10-23(35-21,11-34-14(2)30)18(16)33-8-15-6-4-3-5-7-15/h3-7,12,16,18,21H,8-11H2,1-2H3,(H2,25,26,27,29,31)/t16?,18-,21-,23-/m1/s1. The van der Waals surface area contributed by atoms with Crippen molar-refractivity contribution >= 4 is 29.0 Å². The molecule has 0 saturated carbocycles. The Morgan fingerprint density at radius 2 is 2.09 bits per heavy atom. The van der Waals surface area contributed by atoms with E-state index in [1.54, 1.807) is 4.57 Å². The van der Waals surface area contributed by atoms with E-state index >= 15 is 0 Å². The lowest BCUT2D eigenvalue weighted by molar-refractivity contribution is -0.193. The van der Waals surface area contributed by atoms with Crippen molar-refractivity contribution in [1.29, 1.82) is 0 Å². The van der Waals surface area contributed by atoms with Crippen LogP contribution in [-0.4, -0.2) is 62.9 Å². The number of esters is 1. The molecule has 2 N–H and O–H groups in total. The van der Waals surface area contributed by atoms with E-state index in [9.17, 15) is 14.4 Å².